The van der Waals surface area contributed by atoms with Crippen LogP contribution in [0, 0.1) is 0 Å². The highest BCUT2D eigenvalue weighted by atomic mass is 32.2. The molecule has 0 fully saturated rings. The van der Waals surface area contributed by atoms with E-state index in [1.54, 1.807) is 0 Å². The molecule has 0 spiro atoms. The number of hydrogen-bond acceptors (Lipinski definition) is 2. The van der Waals surface area contributed by atoms with Gasteiger partial charge in [-0.2, -0.15) is 0 Å². The highest BCUT2D eigenvalue weighted by Gasteiger charge is 1.92. The number of allylic oxidation sites excluding steroid dienone is 3. The van der Waals surface area contributed by atoms with Gasteiger partial charge in [0.05, 0.1) is 0 Å². The fourth-order valence-electron chi connectivity index (χ4n) is 0.677. The summed E-state index contributed by atoms with van der Waals surface area (Å²) in [4.78, 5) is 1.19. The molecule has 0 aromatic carbocycles. The van der Waals surface area contributed by atoms with Crippen molar-refractivity contribution in [3.63, 3.8) is 0 Å². The second-order valence-corrected chi connectivity index (χ2v) is 2.41. The van der Waals surface area contributed by atoms with Crippen molar-refractivity contribution in [2.45, 2.75) is 12.8 Å². The van der Waals surface area contributed by atoms with E-state index in [1.807, 2.05) is 0 Å². The zero-order valence-electron chi connectivity index (χ0n) is 4.63. The summed E-state index contributed by atoms with van der Waals surface area (Å²) >= 11 is 1.32. The van der Waals surface area contributed by atoms with Gasteiger partial charge >= 0.3 is 0 Å². The predicted octanol–water partition coefficient (Wildman–Crippen LogP) is 1.83. The van der Waals surface area contributed by atoms with Crippen LogP contribution in [0.3, 0.4) is 0 Å². The standard InChI is InChI=1S/C6H9NS/c7-8-6-4-2-1-3-5-6/h2,4-5H,1,3,7H2. The van der Waals surface area contributed by atoms with Crippen LogP contribution in [-0.2, 0) is 0 Å². The molecule has 1 aliphatic carbocycles. The van der Waals surface area contributed by atoms with Gasteiger partial charge in [-0.1, -0.05) is 18.2 Å². The summed E-state index contributed by atoms with van der Waals surface area (Å²) in [6, 6.07) is 0. The Bertz CT molecular complexity index is 126. The summed E-state index contributed by atoms with van der Waals surface area (Å²) in [5, 5.41) is 5.30. The van der Waals surface area contributed by atoms with Crippen LogP contribution in [0.2, 0.25) is 0 Å². The van der Waals surface area contributed by atoms with E-state index in [-0.39, 0.29) is 0 Å². The second kappa shape index (κ2) is 2.95. The highest BCUT2D eigenvalue weighted by molar-refractivity contribution is 8.01. The summed E-state index contributed by atoms with van der Waals surface area (Å²) < 4.78 is 0. The summed E-state index contributed by atoms with van der Waals surface area (Å²) in [6.07, 6.45) is 8.69. The van der Waals surface area contributed by atoms with Crippen molar-refractivity contribution in [3.05, 3.63) is 23.1 Å². The Morgan fingerprint density at radius 2 is 2.38 bits per heavy atom. The lowest BCUT2D eigenvalue weighted by atomic mass is 10.2. The van der Waals surface area contributed by atoms with Gasteiger partial charge in [-0.05, 0) is 24.8 Å². The van der Waals surface area contributed by atoms with Crippen molar-refractivity contribution < 1.29 is 0 Å². The summed E-state index contributed by atoms with van der Waals surface area (Å²) in [5.41, 5.74) is 0. The molecule has 0 heterocycles. The van der Waals surface area contributed by atoms with Gasteiger partial charge in [0.1, 0.15) is 0 Å². The lowest BCUT2D eigenvalue weighted by Crippen LogP contribution is -1.83. The summed E-state index contributed by atoms with van der Waals surface area (Å²) in [7, 11) is 0. The average molecular weight is 127 g/mol. The Labute approximate surface area is 53.8 Å². The molecule has 0 aromatic heterocycles. The van der Waals surface area contributed by atoms with Gasteiger partial charge in [0.2, 0.25) is 0 Å². The van der Waals surface area contributed by atoms with Gasteiger partial charge in [-0.15, -0.1) is 0 Å². The third-order valence-electron chi connectivity index (χ3n) is 1.10. The molecule has 44 valence electrons. The highest BCUT2D eigenvalue weighted by Crippen LogP contribution is 2.16. The molecule has 2 N–H and O–H groups in total. The molecule has 0 bridgehead atoms. The Morgan fingerprint density at radius 1 is 1.50 bits per heavy atom. The number of hydrogen-bond donors (Lipinski definition) is 1. The van der Waals surface area contributed by atoms with Gasteiger partial charge < -0.3 is 0 Å². The maximum atomic E-state index is 5.30. The van der Waals surface area contributed by atoms with E-state index in [9.17, 15) is 0 Å². The van der Waals surface area contributed by atoms with E-state index in [4.69, 9.17) is 5.14 Å². The number of nitrogens with two attached hydrogens (primary N) is 1. The maximum Gasteiger partial charge on any atom is 0.0182 e. The van der Waals surface area contributed by atoms with Crippen molar-refractivity contribution in [1.29, 1.82) is 0 Å². The smallest absolute Gasteiger partial charge is 0.0182 e. The third kappa shape index (κ3) is 1.39. The number of rotatable bonds is 1. The predicted molar refractivity (Wildman–Crippen MR) is 38.2 cm³/mol. The summed E-state index contributed by atoms with van der Waals surface area (Å²) in [5.74, 6) is 0. The van der Waals surface area contributed by atoms with Gasteiger partial charge in [-0.3, -0.25) is 5.14 Å². The minimum absolute atomic E-state index is 1.15. The topological polar surface area (TPSA) is 26.0 Å². The first-order valence-electron chi connectivity index (χ1n) is 2.67. The molecule has 0 atom stereocenters. The van der Waals surface area contributed by atoms with Crippen LogP contribution >= 0.6 is 11.9 Å². The van der Waals surface area contributed by atoms with Crippen LogP contribution in [0.4, 0.5) is 0 Å². The lowest BCUT2D eigenvalue weighted by Gasteiger charge is -1.99. The summed E-state index contributed by atoms with van der Waals surface area (Å²) in [6.45, 7) is 0. The maximum absolute atomic E-state index is 5.30. The second-order valence-electron chi connectivity index (χ2n) is 1.70. The normalized spacial score (nSPS) is 18.4. The van der Waals surface area contributed by atoms with Crippen LogP contribution in [0.25, 0.3) is 0 Å². The zero-order valence-corrected chi connectivity index (χ0v) is 5.45. The monoisotopic (exact) mass is 127 g/mol. The van der Waals surface area contributed by atoms with Crippen LogP contribution in [0.15, 0.2) is 23.1 Å². The molecule has 0 saturated heterocycles. The van der Waals surface area contributed by atoms with Crippen LogP contribution < -0.4 is 5.14 Å². The van der Waals surface area contributed by atoms with E-state index in [1.165, 1.54) is 23.3 Å². The Balaban J connectivity index is 2.51. The zero-order chi connectivity index (χ0) is 5.82. The Morgan fingerprint density at radius 3 is 2.75 bits per heavy atom. The largest absolute Gasteiger partial charge is 0.274 e. The van der Waals surface area contributed by atoms with E-state index < -0.39 is 0 Å². The molecule has 1 rings (SSSR count). The average Bonchev–Trinajstić information content (AvgIpc) is 1.90. The van der Waals surface area contributed by atoms with Gasteiger partial charge in [0.15, 0.2) is 0 Å². The van der Waals surface area contributed by atoms with Crippen LogP contribution in [-0.4, -0.2) is 0 Å². The van der Waals surface area contributed by atoms with Gasteiger partial charge in [-0.25, -0.2) is 0 Å². The molecular weight excluding hydrogens is 118 g/mol. The molecule has 0 aromatic rings. The van der Waals surface area contributed by atoms with Crippen molar-refractivity contribution in [1.82, 2.24) is 0 Å². The molecule has 0 amide bonds. The molecule has 8 heavy (non-hydrogen) atoms. The quantitative estimate of drug-likeness (QED) is 0.544. The molecule has 2 heteroatoms. The third-order valence-corrected chi connectivity index (χ3v) is 1.67. The van der Waals surface area contributed by atoms with E-state index >= 15 is 0 Å². The fraction of sp³-hybridized carbons (Fsp3) is 0.333. The van der Waals surface area contributed by atoms with Crippen molar-refractivity contribution >= 4 is 11.9 Å². The molecule has 0 aliphatic heterocycles. The van der Waals surface area contributed by atoms with Crippen molar-refractivity contribution in [3.8, 4) is 0 Å². The lowest BCUT2D eigenvalue weighted by molar-refractivity contribution is 1.03. The van der Waals surface area contributed by atoms with Crippen molar-refractivity contribution in [2.75, 3.05) is 0 Å². The van der Waals surface area contributed by atoms with Crippen LogP contribution in [0.5, 0.6) is 0 Å². The molecule has 0 unspecified atom stereocenters. The molecule has 0 saturated carbocycles. The first-order valence-corrected chi connectivity index (χ1v) is 3.55. The SMILES string of the molecule is NSC1=CCCC=C1. The fourth-order valence-corrected chi connectivity index (χ4v) is 1.07. The first kappa shape index (κ1) is 5.92. The minimum atomic E-state index is 1.15. The molecular formula is C6H9NS. The Hall–Kier alpha value is -0.210. The van der Waals surface area contributed by atoms with Gasteiger partial charge in [0.25, 0.3) is 0 Å². The van der Waals surface area contributed by atoms with E-state index in [2.05, 4.69) is 18.2 Å². The van der Waals surface area contributed by atoms with E-state index in [0.717, 1.165) is 6.42 Å². The molecule has 0 radical (unpaired) electrons. The minimum Gasteiger partial charge on any atom is -0.274 e. The first-order chi connectivity index (χ1) is 3.93. The Kier molecular flexibility index (Phi) is 2.18. The molecule has 1 aliphatic rings. The molecule has 1 nitrogen and oxygen atoms in total. The van der Waals surface area contributed by atoms with Crippen LogP contribution in [0.1, 0.15) is 12.8 Å². The van der Waals surface area contributed by atoms with Gasteiger partial charge in [0, 0.05) is 4.91 Å². The van der Waals surface area contributed by atoms with E-state index in [0.29, 0.717) is 0 Å². The van der Waals surface area contributed by atoms with Crippen molar-refractivity contribution in [2.24, 2.45) is 5.14 Å².